The largest absolute Gasteiger partial charge is 0.454 e. The summed E-state index contributed by atoms with van der Waals surface area (Å²) in [5.41, 5.74) is 6.71. The molecule has 0 amide bonds. The molecule has 5 nitrogen and oxygen atoms in total. The summed E-state index contributed by atoms with van der Waals surface area (Å²) in [6, 6.07) is 36.1. The van der Waals surface area contributed by atoms with Gasteiger partial charge in [0.05, 0.1) is 0 Å². The first kappa shape index (κ1) is 39.0. The van der Waals surface area contributed by atoms with Crippen LogP contribution >= 0.6 is 0 Å². The Morgan fingerprint density at radius 2 is 1.31 bits per heavy atom. The number of para-hydroxylation sites is 2. The number of carbonyl (C=O) groups is 1. The van der Waals surface area contributed by atoms with Gasteiger partial charge in [-0.2, -0.15) is 13.2 Å². The maximum absolute atomic E-state index is 13.1. The Hall–Kier alpha value is -4.14. The lowest BCUT2D eigenvalue weighted by Gasteiger charge is -2.54. The molecule has 6 aliphatic rings. The van der Waals surface area contributed by atoms with Crippen molar-refractivity contribution >= 4 is 22.8 Å². The van der Waals surface area contributed by atoms with E-state index in [2.05, 4.69) is 98.9 Å². The second kappa shape index (κ2) is 16.0. The lowest BCUT2D eigenvalue weighted by Crippen LogP contribution is -2.66. The Bertz CT molecular complexity index is 2070. The highest BCUT2D eigenvalue weighted by atomic mass is 19.4. The Kier molecular flexibility index (Phi) is 10.6. The van der Waals surface area contributed by atoms with Crippen LogP contribution < -0.4 is 15.1 Å². The number of hydrogen-bond donors (Lipinski definition) is 1. The van der Waals surface area contributed by atoms with Gasteiger partial charge in [-0.3, -0.25) is 15.0 Å². The van der Waals surface area contributed by atoms with Crippen molar-refractivity contribution in [1.82, 2.24) is 10.2 Å². The molecule has 10 rings (SSSR count). The zero-order valence-corrected chi connectivity index (χ0v) is 34.3. The van der Waals surface area contributed by atoms with Gasteiger partial charge < -0.3 is 9.80 Å². The van der Waals surface area contributed by atoms with Gasteiger partial charge in [-0.15, -0.1) is 0 Å². The van der Waals surface area contributed by atoms with Crippen molar-refractivity contribution in [2.24, 2.45) is 23.7 Å². The van der Waals surface area contributed by atoms with Gasteiger partial charge in [0.15, 0.2) is 0 Å². The van der Waals surface area contributed by atoms with Crippen LogP contribution in [-0.4, -0.2) is 60.8 Å². The third-order valence-electron chi connectivity index (χ3n) is 15.8. The molecular weight excluding hydrogens is 742 g/mol. The number of nitrogens with zero attached hydrogens (tertiary/aromatic N) is 3. The minimum Gasteiger partial charge on any atom is -0.368 e. The molecule has 4 aromatic rings. The van der Waals surface area contributed by atoms with Crippen LogP contribution in [0.1, 0.15) is 105 Å². The average Bonchev–Trinajstić information content (AvgIpc) is 4.00. The quantitative estimate of drug-likeness (QED) is 0.189. The Balaban J connectivity index is 0.959. The number of rotatable bonds is 7. The molecule has 8 heteroatoms. The Labute approximate surface area is 348 Å². The molecular formula is C51H59F3N4O. The fourth-order valence-electron chi connectivity index (χ4n) is 13.1. The standard InChI is InChI=1S/C51H59F3N4O/c52-51(53,54)49(59)37-23-21-35(22-24-37)36-25-27-41(28-26-36)57-34-44(45-33-56(30-29-47(45)57)40-15-5-2-1-3-6-16-40)38-31-46-43-19-11-12-20-48(43)58(42-17-7-4-8-18-42)50(46,55-32-38)39-13-9-10-14-39/h4,7-8,11-12,17-28,38-40,44-47,55H,1-3,5-6,9-10,13-16,29-34H2. The van der Waals surface area contributed by atoms with Crippen molar-refractivity contribution in [2.45, 2.75) is 113 Å². The van der Waals surface area contributed by atoms with E-state index in [1.807, 2.05) is 0 Å². The minimum atomic E-state index is -4.88. The van der Waals surface area contributed by atoms with Crippen LogP contribution in [0.2, 0.25) is 0 Å². The average molecular weight is 801 g/mol. The van der Waals surface area contributed by atoms with Gasteiger partial charge in [0.1, 0.15) is 5.66 Å². The van der Waals surface area contributed by atoms with Crippen molar-refractivity contribution in [3.8, 4) is 11.1 Å². The van der Waals surface area contributed by atoms with Crippen molar-refractivity contribution in [3.05, 3.63) is 114 Å². The van der Waals surface area contributed by atoms with Crippen molar-refractivity contribution in [3.63, 3.8) is 0 Å². The number of nitrogens with one attached hydrogen (secondary N) is 1. The number of carbonyl (C=O) groups excluding carboxylic acids is 1. The number of fused-ring (bicyclic) bond motifs is 4. The third kappa shape index (κ3) is 7.10. The van der Waals surface area contributed by atoms with E-state index in [4.69, 9.17) is 0 Å². The number of piperidine rings is 2. The summed E-state index contributed by atoms with van der Waals surface area (Å²) in [6.45, 7) is 4.41. The molecule has 4 aliphatic heterocycles. The van der Waals surface area contributed by atoms with Crippen LogP contribution in [0.4, 0.5) is 30.2 Å². The first-order valence-corrected chi connectivity index (χ1v) is 22.8. The van der Waals surface area contributed by atoms with Crippen LogP contribution in [-0.2, 0) is 0 Å². The van der Waals surface area contributed by atoms with Crippen LogP contribution in [0, 0.1) is 23.7 Å². The third-order valence-corrected chi connectivity index (χ3v) is 15.8. The van der Waals surface area contributed by atoms with E-state index >= 15 is 0 Å². The Morgan fingerprint density at radius 3 is 2.02 bits per heavy atom. The maximum Gasteiger partial charge on any atom is 0.454 e. The van der Waals surface area contributed by atoms with Crippen LogP contribution in [0.5, 0.6) is 0 Å². The lowest BCUT2D eigenvalue weighted by atomic mass is 9.66. The Morgan fingerprint density at radius 1 is 0.661 bits per heavy atom. The summed E-state index contributed by atoms with van der Waals surface area (Å²) in [4.78, 5) is 20.2. The highest BCUT2D eigenvalue weighted by molar-refractivity contribution is 6.00. The normalized spacial score (nSPS) is 29.4. The van der Waals surface area contributed by atoms with Crippen LogP contribution in [0.3, 0.4) is 0 Å². The van der Waals surface area contributed by atoms with Gasteiger partial charge in [0, 0.05) is 66.8 Å². The molecule has 6 atom stereocenters. The topological polar surface area (TPSA) is 38.8 Å². The molecule has 310 valence electrons. The monoisotopic (exact) mass is 800 g/mol. The maximum atomic E-state index is 13.1. The first-order chi connectivity index (χ1) is 28.8. The van der Waals surface area contributed by atoms with Crippen molar-refractivity contribution in [2.75, 3.05) is 36.0 Å². The van der Waals surface area contributed by atoms with Gasteiger partial charge in [0.25, 0.3) is 5.78 Å². The van der Waals surface area contributed by atoms with Crippen LogP contribution in [0.15, 0.2) is 103 Å². The highest BCUT2D eigenvalue weighted by Crippen LogP contribution is 2.61. The summed E-state index contributed by atoms with van der Waals surface area (Å²) in [5.74, 6) is 0.891. The number of halogens is 3. The van der Waals surface area contributed by atoms with Gasteiger partial charge in [-0.05, 0) is 109 Å². The second-order valence-electron chi connectivity index (χ2n) is 18.7. The van der Waals surface area contributed by atoms with E-state index in [1.54, 1.807) is 12.1 Å². The summed E-state index contributed by atoms with van der Waals surface area (Å²) < 4.78 is 39.2. The van der Waals surface area contributed by atoms with E-state index in [-0.39, 0.29) is 11.2 Å². The lowest BCUT2D eigenvalue weighted by molar-refractivity contribution is -0.0885. The molecule has 1 N–H and O–H groups in total. The molecule has 2 saturated carbocycles. The number of likely N-dealkylation sites (tertiary alicyclic amines) is 1. The smallest absolute Gasteiger partial charge is 0.368 e. The number of hydrogen-bond acceptors (Lipinski definition) is 5. The zero-order valence-electron chi connectivity index (χ0n) is 34.3. The first-order valence-electron chi connectivity index (χ1n) is 22.8. The number of alkyl halides is 3. The summed E-state index contributed by atoms with van der Waals surface area (Å²) in [5, 5.41) is 4.45. The number of anilines is 3. The summed E-state index contributed by atoms with van der Waals surface area (Å²) in [7, 11) is 0. The number of Topliss-reactive ketones (excluding diaryl/α,β-unsaturated/α-hetero) is 1. The van der Waals surface area contributed by atoms with E-state index in [0.717, 1.165) is 30.8 Å². The van der Waals surface area contributed by atoms with E-state index in [1.165, 1.54) is 125 Å². The van der Waals surface area contributed by atoms with Crippen molar-refractivity contribution < 1.29 is 18.0 Å². The molecule has 5 fully saturated rings. The molecule has 6 unspecified atom stereocenters. The van der Waals surface area contributed by atoms with E-state index in [0.29, 0.717) is 41.7 Å². The predicted octanol–water partition coefficient (Wildman–Crippen LogP) is 11.8. The number of ketones is 1. The summed E-state index contributed by atoms with van der Waals surface area (Å²) in [6.07, 6.45) is 12.2. The predicted molar refractivity (Wildman–Crippen MR) is 231 cm³/mol. The molecule has 4 heterocycles. The molecule has 2 aliphatic carbocycles. The van der Waals surface area contributed by atoms with Crippen LogP contribution in [0.25, 0.3) is 11.1 Å². The summed E-state index contributed by atoms with van der Waals surface area (Å²) >= 11 is 0. The van der Waals surface area contributed by atoms with Crippen molar-refractivity contribution in [1.29, 1.82) is 0 Å². The van der Waals surface area contributed by atoms with Gasteiger partial charge in [0.2, 0.25) is 0 Å². The van der Waals surface area contributed by atoms with E-state index < -0.39 is 12.0 Å². The fraction of sp³-hybridized carbons (Fsp3) is 0.510. The fourth-order valence-corrected chi connectivity index (χ4v) is 13.1. The molecule has 3 saturated heterocycles. The molecule has 0 bridgehead atoms. The molecule has 4 aromatic carbocycles. The van der Waals surface area contributed by atoms with Gasteiger partial charge >= 0.3 is 6.18 Å². The van der Waals surface area contributed by atoms with Gasteiger partial charge in [-0.25, -0.2) is 0 Å². The van der Waals surface area contributed by atoms with E-state index in [9.17, 15) is 18.0 Å². The zero-order chi connectivity index (χ0) is 40.1. The highest BCUT2D eigenvalue weighted by Gasteiger charge is 2.60. The molecule has 0 spiro atoms. The second-order valence-corrected chi connectivity index (χ2v) is 18.7. The number of benzene rings is 4. The minimum absolute atomic E-state index is 0.124. The van der Waals surface area contributed by atoms with Gasteiger partial charge in [-0.1, -0.05) is 118 Å². The molecule has 59 heavy (non-hydrogen) atoms. The molecule has 0 aromatic heterocycles. The SMILES string of the molecule is O=C(c1ccc(-c2ccc(N3CC(C4CNC5(C6CCCC6)C(C4)c4ccccc4N5c4ccccc4)C4CN(C5CCCCCCC5)CCC43)cc2)cc1)C(F)(F)F. The molecule has 0 radical (unpaired) electrons.